The number of benzene rings is 1. The standard InChI is InChI=1S/C16H22F2O3/c1-11(2)15(19)10-20-6-4-5-7-21-16-13(17)8-12(3)9-14(16)18/h8-9,11H,4-7,10H2,1-3H3. The Morgan fingerprint density at radius 3 is 2.29 bits per heavy atom. The zero-order valence-electron chi connectivity index (χ0n) is 12.7. The van der Waals surface area contributed by atoms with Crippen LogP contribution >= 0.6 is 0 Å². The highest BCUT2D eigenvalue weighted by Crippen LogP contribution is 2.23. The highest BCUT2D eigenvalue weighted by atomic mass is 19.1. The van der Waals surface area contributed by atoms with Crippen molar-refractivity contribution in [3.63, 3.8) is 0 Å². The second-order valence-electron chi connectivity index (χ2n) is 5.29. The first-order valence-electron chi connectivity index (χ1n) is 7.10. The van der Waals surface area contributed by atoms with Gasteiger partial charge >= 0.3 is 0 Å². The fourth-order valence-corrected chi connectivity index (χ4v) is 1.64. The Hall–Kier alpha value is -1.49. The van der Waals surface area contributed by atoms with Crippen LogP contribution < -0.4 is 4.74 Å². The Morgan fingerprint density at radius 1 is 1.14 bits per heavy atom. The van der Waals surface area contributed by atoms with Gasteiger partial charge in [0.2, 0.25) is 0 Å². The molecule has 1 rings (SSSR count). The first kappa shape index (κ1) is 17.6. The average Bonchev–Trinajstić information content (AvgIpc) is 2.39. The van der Waals surface area contributed by atoms with E-state index in [4.69, 9.17) is 9.47 Å². The second kappa shape index (κ2) is 8.72. The number of carbonyl (C=O) groups is 1. The number of ketones is 1. The summed E-state index contributed by atoms with van der Waals surface area (Å²) in [6.45, 7) is 6.01. The van der Waals surface area contributed by atoms with Gasteiger partial charge in [0, 0.05) is 12.5 Å². The van der Waals surface area contributed by atoms with Gasteiger partial charge in [-0.25, -0.2) is 8.78 Å². The number of halogens is 2. The molecular weight excluding hydrogens is 278 g/mol. The number of hydrogen-bond donors (Lipinski definition) is 0. The molecule has 0 aliphatic rings. The predicted molar refractivity (Wildman–Crippen MR) is 76.5 cm³/mol. The topological polar surface area (TPSA) is 35.5 Å². The van der Waals surface area contributed by atoms with Crippen molar-refractivity contribution in [2.45, 2.75) is 33.6 Å². The van der Waals surface area contributed by atoms with E-state index < -0.39 is 11.6 Å². The molecule has 0 amide bonds. The van der Waals surface area contributed by atoms with Gasteiger partial charge in [-0.3, -0.25) is 4.79 Å². The second-order valence-corrected chi connectivity index (χ2v) is 5.29. The van der Waals surface area contributed by atoms with Crippen molar-refractivity contribution < 1.29 is 23.0 Å². The third kappa shape index (κ3) is 6.21. The number of ether oxygens (including phenoxy) is 2. The van der Waals surface area contributed by atoms with E-state index in [9.17, 15) is 13.6 Å². The van der Waals surface area contributed by atoms with E-state index in [2.05, 4.69) is 0 Å². The van der Waals surface area contributed by atoms with E-state index in [0.717, 1.165) is 0 Å². The molecule has 0 aliphatic carbocycles. The SMILES string of the molecule is Cc1cc(F)c(OCCCCOCC(=O)C(C)C)c(F)c1. The predicted octanol–water partition coefficient (Wildman–Crippen LogP) is 3.67. The summed E-state index contributed by atoms with van der Waals surface area (Å²) in [5, 5.41) is 0. The normalized spacial score (nSPS) is 11.0. The van der Waals surface area contributed by atoms with Crippen LogP contribution in [0.3, 0.4) is 0 Å². The minimum Gasteiger partial charge on any atom is -0.488 e. The molecular formula is C16H22F2O3. The molecule has 0 atom stereocenters. The van der Waals surface area contributed by atoms with Gasteiger partial charge < -0.3 is 9.47 Å². The molecule has 0 aliphatic heterocycles. The van der Waals surface area contributed by atoms with Gasteiger partial charge in [0.25, 0.3) is 0 Å². The van der Waals surface area contributed by atoms with E-state index in [-0.39, 0.29) is 30.7 Å². The summed E-state index contributed by atoms with van der Waals surface area (Å²) < 4.78 is 37.3. The lowest BCUT2D eigenvalue weighted by Crippen LogP contribution is -2.15. The number of rotatable bonds is 9. The Kier molecular flexibility index (Phi) is 7.29. The molecule has 3 nitrogen and oxygen atoms in total. The van der Waals surface area contributed by atoms with Crippen molar-refractivity contribution in [3.05, 3.63) is 29.3 Å². The Morgan fingerprint density at radius 2 is 1.71 bits per heavy atom. The van der Waals surface area contributed by atoms with Crippen LogP contribution in [-0.4, -0.2) is 25.6 Å². The summed E-state index contributed by atoms with van der Waals surface area (Å²) >= 11 is 0. The first-order chi connectivity index (χ1) is 9.91. The lowest BCUT2D eigenvalue weighted by Gasteiger charge is -2.09. The molecule has 0 saturated carbocycles. The number of aryl methyl sites for hydroxylation is 1. The molecule has 0 saturated heterocycles. The van der Waals surface area contributed by atoms with Crippen molar-refractivity contribution in [1.82, 2.24) is 0 Å². The van der Waals surface area contributed by atoms with Crippen molar-refractivity contribution in [2.75, 3.05) is 19.8 Å². The molecule has 0 spiro atoms. The summed E-state index contributed by atoms with van der Waals surface area (Å²) in [5.74, 6) is -1.68. The number of carbonyl (C=O) groups excluding carboxylic acids is 1. The van der Waals surface area contributed by atoms with Gasteiger partial charge in [0.05, 0.1) is 6.61 Å². The number of unbranched alkanes of at least 4 members (excludes halogenated alkanes) is 1. The molecule has 0 fully saturated rings. The highest BCUT2D eigenvalue weighted by molar-refractivity contribution is 5.81. The molecule has 0 N–H and O–H groups in total. The molecule has 21 heavy (non-hydrogen) atoms. The van der Waals surface area contributed by atoms with Crippen LogP contribution in [0.1, 0.15) is 32.3 Å². The quantitative estimate of drug-likeness (QED) is 0.653. The Labute approximate surface area is 124 Å². The van der Waals surface area contributed by atoms with Gasteiger partial charge in [-0.15, -0.1) is 0 Å². The Balaban J connectivity index is 2.19. The van der Waals surface area contributed by atoms with Crippen molar-refractivity contribution in [1.29, 1.82) is 0 Å². The zero-order valence-corrected chi connectivity index (χ0v) is 12.7. The molecule has 0 bridgehead atoms. The lowest BCUT2D eigenvalue weighted by molar-refractivity contribution is -0.126. The number of hydrogen-bond acceptors (Lipinski definition) is 3. The van der Waals surface area contributed by atoms with E-state index >= 15 is 0 Å². The third-order valence-corrected chi connectivity index (χ3v) is 2.96. The van der Waals surface area contributed by atoms with Crippen LogP contribution in [-0.2, 0) is 9.53 Å². The summed E-state index contributed by atoms with van der Waals surface area (Å²) in [5.41, 5.74) is 0.514. The van der Waals surface area contributed by atoms with Gasteiger partial charge in [-0.1, -0.05) is 13.8 Å². The Bertz CT molecular complexity index is 450. The molecule has 0 unspecified atom stereocenters. The van der Waals surface area contributed by atoms with E-state index in [0.29, 0.717) is 25.0 Å². The minimum absolute atomic E-state index is 0.0270. The maximum atomic E-state index is 13.5. The van der Waals surface area contributed by atoms with Crippen LogP contribution in [0.4, 0.5) is 8.78 Å². The molecule has 1 aromatic carbocycles. The summed E-state index contributed by atoms with van der Waals surface area (Å²) in [7, 11) is 0. The zero-order chi connectivity index (χ0) is 15.8. The third-order valence-electron chi connectivity index (χ3n) is 2.96. The molecule has 0 radical (unpaired) electrons. The fourth-order valence-electron chi connectivity index (χ4n) is 1.64. The van der Waals surface area contributed by atoms with Gasteiger partial charge in [0.1, 0.15) is 6.61 Å². The summed E-state index contributed by atoms with van der Waals surface area (Å²) in [6, 6.07) is 2.47. The maximum Gasteiger partial charge on any atom is 0.190 e. The van der Waals surface area contributed by atoms with Crippen LogP contribution in [0.25, 0.3) is 0 Å². The van der Waals surface area contributed by atoms with Crippen LogP contribution in [0, 0.1) is 24.5 Å². The van der Waals surface area contributed by atoms with Crippen LogP contribution in [0.5, 0.6) is 5.75 Å². The lowest BCUT2D eigenvalue weighted by atomic mass is 10.1. The van der Waals surface area contributed by atoms with Gasteiger partial charge in [0.15, 0.2) is 23.2 Å². The molecule has 0 aromatic heterocycles. The fraction of sp³-hybridized carbons (Fsp3) is 0.562. The van der Waals surface area contributed by atoms with Gasteiger partial charge in [-0.2, -0.15) is 0 Å². The molecule has 0 heterocycles. The molecule has 5 heteroatoms. The molecule has 1 aromatic rings. The highest BCUT2D eigenvalue weighted by Gasteiger charge is 2.11. The smallest absolute Gasteiger partial charge is 0.190 e. The van der Waals surface area contributed by atoms with E-state index in [1.54, 1.807) is 6.92 Å². The van der Waals surface area contributed by atoms with Crippen molar-refractivity contribution in [3.8, 4) is 5.75 Å². The van der Waals surface area contributed by atoms with Crippen LogP contribution in [0.15, 0.2) is 12.1 Å². The van der Waals surface area contributed by atoms with E-state index in [1.165, 1.54) is 12.1 Å². The monoisotopic (exact) mass is 300 g/mol. The maximum absolute atomic E-state index is 13.5. The van der Waals surface area contributed by atoms with E-state index in [1.807, 2.05) is 13.8 Å². The first-order valence-corrected chi connectivity index (χ1v) is 7.10. The van der Waals surface area contributed by atoms with Gasteiger partial charge in [-0.05, 0) is 37.5 Å². The van der Waals surface area contributed by atoms with Crippen molar-refractivity contribution >= 4 is 5.78 Å². The summed E-state index contributed by atoms with van der Waals surface area (Å²) in [4.78, 5) is 11.3. The van der Waals surface area contributed by atoms with Crippen LogP contribution in [0.2, 0.25) is 0 Å². The number of Topliss-reactive ketones (excluding diaryl/α,β-unsaturated/α-hetero) is 1. The van der Waals surface area contributed by atoms with Crippen molar-refractivity contribution in [2.24, 2.45) is 5.92 Å². The minimum atomic E-state index is -0.689. The summed E-state index contributed by atoms with van der Waals surface area (Å²) in [6.07, 6.45) is 1.27. The largest absolute Gasteiger partial charge is 0.488 e. The average molecular weight is 300 g/mol. The molecule has 118 valence electrons.